The lowest BCUT2D eigenvalue weighted by atomic mass is 10.2. The molecule has 0 spiro atoms. The van der Waals surface area contributed by atoms with E-state index in [0.29, 0.717) is 0 Å². The molecule has 0 unspecified atom stereocenters. The molecular weight excluding hydrogens is 186 g/mol. The quantitative estimate of drug-likeness (QED) is 0.776. The Morgan fingerprint density at radius 2 is 1.80 bits per heavy atom. The molecule has 1 aliphatic rings. The van der Waals surface area contributed by atoms with Crippen molar-refractivity contribution in [2.45, 2.75) is 20.8 Å². The monoisotopic (exact) mass is 205 g/mol. The summed E-state index contributed by atoms with van der Waals surface area (Å²) in [7, 11) is 0. The van der Waals surface area contributed by atoms with E-state index in [0.717, 1.165) is 12.2 Å². The zero-order valence-corrected chi connectivity index (χ0v) is 9.62. The van der Waals surface area contributed by atoms with Crippen molar-refractivity contribution < 1.29 is 0 Å². The second-order valence-corrected chi connectivity index (χ2v) is 2.93. The Morgan fingerprint density at radius 3 is 2.33 bits per heavy atom. The van der Waals surface area contributed by atoms with Gasteiger partial charge in [-0.15, -0.1) is 5.53 Å². The first-order valence-electron chi connectivity index (χ1n) is 5.45. The van der Waals surface area contributed by atoms with Gasteiger partial charge in [0.25, 0.3) is 0 Å². The fraction of sp³-hybridized carbons (Fsp3) is 0.333. The number of hydrazine groups is 2. The van der Waals surface area contributed by atoms with E-state index in [-0.39, 0.29) is 0 Å². The molecule has 2 rings (SSSR count). The second kappa shape index (κ2) is 6.09. The maximum Gasteiger partial charge on any atom is 0.0751 e. The highest BCUT2D eigenvalue weighted by Crippen LogP contribution is 2.13. The van der Waals surface area contributed by atoms with Gasteiger partial charge < -0.3 is 5.43 Å². The van der Waals surface area contributed by atoms with Crippen molar-refractivity contribution in [1.29, 1.82) is 0 Å². The molecule has 0 aromatic heterocycles. The SMILES string of the molecule is CC.CCN1C=C(c2ccccc2)NN1. The molecule has 3 heteroatoms. The Kier molecular flexibility index (Phi) is 4.71. The van der Waals surface area contributed by atoms with E-state index in [1.807, 2.05) is 37.1 Å². The third-order valence-corrected chi connectivity index (χ3v) is 2.04. The summed E-state index contributed by atoms with van der Waals surface area (Å²) in [6, 6.07) is 10.3. The summed E-state index contributed by atoms with van der Waals surface area (Å²) in [5.41, 5.74) is 8.47. The molecule has 0 atom stereocenters. The maximum atomic E-state index is 3.11. The molecule has 3 nitrogen and oxygen atoms in total. The van der Waals surface area contributed by atoms with Gasteiger partial charge in [0.2, 0.25) is 0 Å². The van der Waals surface area contributed by atoms with Crippen molar-refractivity contribution >= 4 is 5.70 Å². The van der Waals surface area contributed by atoms with Crippen LogP contribution in [-0.2, 0) is 0 Å². The third kappa shape index (κ3) is 2.99. The van der Waals surface area contributed by atoms with Gasteiger partial charge in [0.05, 0.1) is 5.70 Å². The van der Waals surface area contributed by atoms with E-state index in [1.54, 1.807) is 0 Å². The topological polar surface area (TPSA) is 27.3 Å². The lowest BCUT2D eigenvalue weighted by Crippen LogP contribution is -2.35. The van der Waals surface area contributed by atoms with Crippen LogP contribution in [0.5, 0.6) is 0 Å². The summed E-state index contributed by atoms with van der Waals surface area (Å²) in [5, 5.41) is 2.00. The van der Waals surface area contributed by atoms with Crippen molar-refractivity contribution in [3.8, 4) is 0 Å². The molecule has 1 aromatic carbocycles. The molecule has 0 saturated carbocycles. The number of nitrogens with one attached hydrogen (secondary N) is 2. The lowest BCUT2D eigenvalue weighted by Gasteiger charge is -2.10. The van der Waals surface area contributed by atoms with Crippen LogP contribution >= 0.6 is 0 Å². The molecule has 1 aromatic rings. The largest absolute Gasteiger partial charge is 0.302 e. The second-order valence-electron chi connectivity index (χ2n) is 2.93. The van der Waals surface area contributed by atoms with Gasteiger partial charge in [-0.1, -0.05) is 44.2 Å². The highest BCUT2D eigenvalue weighted by Gasteiger charge is 2.09. The highest BCUT2D eigenvalue weighted by atomic mass is 15.7. The number of rotatable bonds is 2. The van der Waals surface area contributed by atoms with Crippen molar-refractivity contribution in [3.63, 3.8) is 0 Å². The maximum absolute atomic E-state index is 3.11. The Morgan fingerprint density at radius 1 is 1.13 bits per heavy atom. The van der Waals surface area contributed by atoms with Crippen LogP contribution in [0.1, 0.15) is 26.3 Å². The summed E-state index contributed by atoms with van der Waals surface area (Å²) < 4.78 is 0. The molecule has 0 fully saturated rings. The molecule has 2 N–H and O–H groups in total. The van der Waals surface area contributed by atoms with Gasteiger partial charge in [0, 0.05) is 18.3 Å². The Hall–Kier alpha value is -1.48. The molecule has 0 bridgehead atoms. The average Bonchev–Trinajstić information content (AvgIpc) is 2.81. The van der Waals surface area contributed by atoms with Crippen LogP contribution in [-0.4, -0.2) is 11.6 Å². The third-order valence-electron chi connectivity index (χ3n) is 2.04. The summed E-state index contributed by atoms with van der Waals surface area (Å²) in [4.78, 5) is 0. The molecule has 0 amide bonds. The van der Waals surface area contributed by atoms with E-state index in [9.17, 15) is 0 Å². The molecule has 0 aliphatic carbocycles. The number of hydrogen-bond acceptors (Lipinski definition) is 3. The van der Waals surface area contributed by atoms with Crippen LogP contribution in [0.4, 0.5) is 0 Å². The van der Waals surface area contributed by atoms with Crippen molar-refractivity contribution in [3.05, 3.63) is 42.1 Å². The smallest absolute Gasteiger partial charge is 0.0751 e. The van der Waals surface area contributed by atoms with Crippen molar-refractivity contribution in [2.75, 3.05) is 6.54 Å². The number of hydrogen-bond donors (Lipinski definition) is 2. The van der Waals surface area contributed by atoms with Crippen LogP contribution in [0.25, 0.3) is 5.70 Å². The Balaban J connectivity index is 0.000000531. The van der Waals surface area contributed by atoms with E-state index in [4.69, 9.17) is 0 Å². The van der Waals surface area contributed by atoms with Crippen LogP contribution < -0.4 is 11.0 Å². The minimum atomic E-state index is 0.948. The highest BCUT2D eigenvalue weighted by molar-refractivity contribution is 5.64. The van der Waals surface area contributed by atoms with Gasteiger partial charge in [-0.25, -0.2) is 0 Å². The van der Waals surface area contributed by atoms with Gasteiger partial charge in [-0.2, -0.15) is 0 Å². The first-order chi connectivity index (χ1) is 7.40. The average molecular weight is 205 g/mol. The first kappa shape index (κ1) is 11.6. The fourth-order valence-corrected chi connectivity index (χ4v) is 1.29. The predicted molar refractivity (Wildman–Crippen MR) is 64.4 cm³/mol. The molecule has 1 aliphatic heterocycles. The summed E-state index contributed by atoms with van der Waals surface area (Å²) in [6.07, 6.45) is 2.06. The summed E-state index contributed by atoms with van der Waals surface area (Å²) >= 11 is 0. The van der Waals surface area contributed by atoms with Crippen LogP contribution in [0.2, 0.25) is 0 Å². The minimum Gasteiger partial charge on any atom is -0.302 e. The first-order valence-corrected chi connectivity index (χ1v) is 5.45. The molecule has 82 valence electrons. The Bertz CT molecular complexity index is 306. The van der Waals surface area contributed by atoms with Gasteiger partial charge in [-0.3, -0.25) is 5.01 Å². The van der Waals surface area contributed by atoms with Crippen molar-refractivity contribution in [2.24, 2.45) is 0 Å². The van der Waals surface area contributed by atoms with E-state index in [2.05, 4.69) is 36.2 Å². The van der Waals surface area contributed by atoms with Crippen LogP contribution in [0.15, 0.2) is 36.5 Å². The molecule has 0 radical (unpaired) electrons. The van der Waals surface area contributed by atoms with Crippen LogP contribution in [0.3, 0.4) is 0 Å². The summed E-state index contributed by atoms with van der Waals surface area (Å²) in [6.45, 7) is 7.04. The molecular formula is C12H19N3. The molecule has 1 heterocycles. The fourth-order valence-electron chi connectivity index (χ4n) is 1.29. The van der Waals surface area contributed by atoms with Gasteiger partial charge in [0.15, 0.2) is 0 Å². The van der Waals surface area contributed by atoms with Gasteiger partial charge in [0.1, 0.15) is 0 Å². The van der Waals surface area contributed by atoms with Crippen LogP contribution in [0, 0.1) is 0 Å². The Labute approximate surface area is 91.7 Å². The van der Waals surface area contributed by atoms with Gasteiger partial charge in [-0.05, 0) is 6.92 Å². The van der Waals surface area contributed by atoms with Gasteiger partial charge >= 0.3 is 0 Å². The zero-order valence-electron chi connectivity index (χ0n) is 9.62. The number of nitrogens with zero attached hydrogens (tertiary/aromatic N) is 1. The normalized spacial score (nSPS) is 13.8. The summed E-state index contributed by atoms with van der Waals surface area (Å²) in [5.74, 6) is 0. The molecule has 0 saturated heterocycles. The van der Waals surface area contributed by atoms with E-state index < -0.39 is 0 Å². The van der Waals surface area contributed by atoms with E-state index >= 15 is 0 Å². The van der Waals surface area contributed by atoms with Crippen molar-refractivity contribution in [1.82, 2.24) is 16.0 Å². The van der Waals surface area contributed by atoms with E-state index in [1.165, 1.54) is 5.56 Å². The molecule has 15 heavy (non-hydrogen) atoms. The predicted octanol–water partition coefficient (Wildman–Crippen LogP) is 2.36. The zero-order chi connectivity index (χ0) is 11.1. The lowest BCUT2D eigenvalue weighted by molar-refractivity contribution is 0.287. The minimum absolute atomic E-state index is 0.948. The number of benzene rings is 1. The standard InChI is InChI=1S/C10H13N3.C2H6/c1-2-13-8-10(11-12-13)9-6-4-3-5-7-9;1-2/h3-8,11-12H,2H2,1H3;1-2H3.